The van der Waals surface area contributed by atoms with E-state index in [0.29, 0.717) is 35.4 Å². The van der Waals surface area contributed by atoms with Crippen LogP contribution >= 0.6 is 0 Å². The molecule has 4 heterocycles. The number of rotatable bonds is 9. The van der Waals surface area contributed by atoms with Gasteiger partial charge in [0.05, 0.1) is 28.8 Å². The minimum absolute atomic E-state index is 0.119. The minimum atomic E-state index is -5.04. The summed E-state index contributed by atoms with van der Waals surface area (Å²) in [5, 5.41) is 9.81. The lowest BCUT2D eigenvalue weighted by atomic mass is 10.0. The van der Waals surface area contributed by atoms with E-state index < -0.39 is 27.7 Å². The average molecular weight is 642 g/mol. The van der Waals surface area contributed by atoms with Crippen LogP contribution in [0, 0.1) is 5.82 Å². The van der Waals surface area contributed by atoms with Gasteiger partial charge in [-0.15, -0.1) is 0 Å². The molecule has 2 aromatic carbocycles. The number of aromatic nitrogens is 5. The molecule has 3 N–H and O–H groups in total. The second-order valence-corrected chi connectivity index (χ2v) is 12.4. The molecule has 1 aliphatic heterocycles. The normalized spacial score (nSPS) is 15.1. The first-order chi connectivity index (χ1) is 21.5. The lowest BCUT2D eigenvalue weighted by molar-refractivity contribution is 0.0662. The summed E-state index contributed by atoms with van der Waals surface area (Å²) in [7, 11) is -3.29. The summed E-state index contributed by atoms with van der Waals surface area (Å²) in [5.41, 5.74) is 9.37. The Morgan fingerprint density at radius 1 is 1.11 bits per heavy atom. The van der Waals surface area contributed by atoms with Gasteiger partial charge in [0.2, 0.25) is 0 Å². The average Bonchev–Trinajstić information content (AvgIpc) is 3.65. The fraction of sp³-hybridized carbons (Fsp3) is 0.300. The summed E-state index contributed by atoms with van der Waals surface area (Å²) in [6.07, 6.45) is 6.17. The summed E-state index contributed by atoms with van der Waals surface area (Å²) < 4.78 is 82.2. The molecule has 15 heteroatoms. The molecule has 1 saturated heterocycles. The number of nitrogen functional groups attached to an aromatic ring is 1. The Balaban J connectivity index is 1.44. The molecule has 0 unspecified atom stereocenters. The van der Waals surface area contributed by atoms with Crippen LogP contribution in [0.5, 0.6) is 5.75 Å². The van der Waals surface area contributed by atoms with Crippen LogP contribution in [0.25, 0.3) is 33.3 Å². The molecule has 6 rings (SSSR count). The molecular weight excluding hydrogens is 611 g/mol. The predicted octanol–water partition coefficient (Wildman–Crippen LogP) is 5.68. The molecule has 0 bridgehead atoms. The number of fused-ring (bicyclic) bond motifs is 1. The molecule has 0 saturated carbocycles. The third kappa shape index (κ3) is 5.92. The molecule has 0 spiro atoms. The molecule has 1 fully saturated rings. The van der Waals surface area contributed by atoms with E-state index in [2.05, 4.69) is 10.1 Å². The molecule has 0 aliphatic carbocycles. The summed E-state index contributed by atoms with van der Waals surface area (Å²) in [6.45, 7) is 2.90. The number of anilines is 2. The van der Waals surface area contributed by atoms with Crippen LogP contribution in [0.3, 0.4) is 0 Å². The van der Waals surface area contributed by atoms with Crippen molar-refractivity contribution in [3.63, 3.8) is 0 Å². The first-order valence-electron chi connectivity index (χ1n) is 14.1. The zero-order chi connectivity index (χ0) is 31.9. The van der Waals surface area contributed by atoms with Crippen LogP contribution < -0.4 is 15.2 Å². The van der Waals surface area contributed by atoms with E-state index in [1.807, 2.05) is 15.6 Å². The molecule has 3 aromatic heterocycles. The maximum Gasteiger partial charge on any atom is 0.355 e. The first-order valence-corrected chi connectivity index (χ1v) is 15.7. The quantitative estimate of drug-likeness (QED) is 0.210. The van der Waals surface area contributed by atoms with E-state index >= 15 is 0 Å². The highest BCUT2D eigenvalue weighted by molar-refractivity contribution is 7.93. The molecule has 5 aromatic rings. The van der Waals surface area contributed by atoms with E-state index in [1.165, 1.54) is 36.4 Å². The fourth-order valence-electron chi connectivity index (χ4n) is 5.48. The summed E-state index contributed by atoms with van der Waals surface area (Å²) in [4.78, 5) is 4.43. The minimum Gasteiger partial charge on any atom is -0.484 e. The third-order valence-corrected chi connectivity index (χ3v) is 8.73. The van der Waals surface area contributed by atoms with Gasteiger partial charge in [0.25, 0.3) is 10.0 Å². The van der Waals surface area contributed by atoms with Gasteiger partial charge in [0, 0.05) is 54.9 Å². The molecular formula is C30H30F3N7O4S. The van der Waals surface area contributed by atoms with Crippen molar-refractivity contribution in [1.82, 2.24) is 24.5 Å². The second kappa shape index (κ2) is 12.0. The standard InChI is InChI=1S/C30H30F3N7O4S/c1-17(21-5-3-4-6-23(21)31)44-25-13-18(7-8-24(25)38-45(41,42)30(32)33)27-26-28(39(2)37-27)22(15-35-29(26)34)19-14-36-40(16-19)20-9-11-43-12-10-20/h3-8,13-17,20,30,38H,9-12H2,1-2H3,(H2,34,35)/t17-/m0/s1. The number of ether oxygens (including phenoxy) is 2. The number of nitrogens with zero attached hydrogens (tertiary/aromatic N) is 5. The largest absolute Gasteiger partial charge is 0.484 e. The number of alkyl halides is 2. The van der Waals surface area contributed by atoms with E-state index in [-0.39, 0.29) is 28.9 Å². The zero-order valence-corrected chi connectivity index (χ0v) is 25.1. The van der Waals surface area contributed by atoms with Gasteiger partial charge in [0.1, 0.15) is 29.2 Å². The number of nitrogens with one attached hydrogen (secondary N) is 1. The van der Waals surface area contributed by atoms with Crippen molar-refractivity contribution in [2.45, 2.75) is 37.7 Å². The summed E-state index contributed by atoms with van der Waals surface area (Å²) in [5.74, 6) is -4.16. The van der Waals surface area contributed by atoms with Gasteiger partial charge in [-0.05, 0) is 38.0 Å². The van der Waals surface area contributed by atoms with Crippen LogP contribution in [0.1, 0.15) is 37.5 Å². The second-order valence-electron chi connectivity index (χ2n) is 10.7. The van der Waals surface area contributed by atoms with Crippen LogP contribution in [0.2, 0.25) is 0 Å². The molecule has 0 radical (unpaired) electrons. The number of pyridine rings is 1. The van der Waals surface area contributed by atoms with Crippen molar-refractivity contribution in [3.05, 3.63) is 72.4 Å². The molecule has 11 nitrogen and oxygen atoms in total. The number of halogens is 3. The Bertz CT molecular complexity index is 1970. The van der Waals surface area contributed by atoms with Crippen molar-refractivity contribution in [2.24, 2.45) is 7.05 Å². The fourth-order valence-corrected chi connectivity index (χ4v) is 6.05. The van der Waals surface area contributed by atoms with Crippen LogP contribution in [-0.4, -0.2) is 51.9 Å². The van der Waals surface area contributed by atoms with Gasteiger partial charge in [-0.2, -0.15) is 19.0 Å². The molecule has 45 heavy (non-hydrogen) atoms. The van der Waals surface area contributed by atoms with Gasteiger partial charge in [-0.3, -0.25) is 14.1 Å². The monoisotopic (exact) mass is 641 g/mol. The first kappa shape index (κ1) is 30.4. The molecule has 0 amide bonds. The number of hydrogen-bond acceptors (Lipinski definition) is 8. The summed E-state index contributed by atoms with van der Waals surface area (Å²) >= 11 is 0. The summed E-state index contributed by atoms with van der Waals surface area (Å²) in [6, 6.07) is 10.4. The van der Waals surface area contributed by atoms with Gasteiger partial charge < -0.3 is 15.2 Å². The van der Waals surface area contributed by atoms with E-state index in [9.17, 15) is 21.6 Å². The highest BCUT2D eigenvalue weighted by Gasteiger charge is 2.27. The van der Waals surface area contributed by atoms with Crippen molar-refractivity contribution in [2.75, 3.05) is 23.7 Å². The molecule has 236 valence electrons. The Labute approximate surface area is 256 Å². The zero-order valence-electron chi connectivity index (χ0n) is 24.3. The number of aryl methyl sites for hydroxylation is 1. The van der Waals surface area contributed by atoms with E-state index in [0.717, 1.165) is 24.0 Å². The van der Waals surface area contributed by atoms with E-state index in [4.69, 9.17) is 20.3 Å². The Morgan fingerprint density at radius 3 is 2.60 bits per heavy atom. The van der Waals surface area contributed by atoms with Gasteiger partial charge >= 0.3 is 5.76 Å². The predicted molar refractivity (Wildman–Crippen MR) is 163 cm³/mol. The van der Waals surface area contributed by atoms with Gasteiger partial charge in [-0.25, -0.2) is 17.8 Å². The number of hydrogen-bond donors (Lipinski definition) is 2. The maximum absolute atomic E-state index is 14.5. The lowest BCUT2D eigenvalue weighted by Crippen LogP contribution is -2.21. The lowest BCUT2D eigenvalue weighted by Gasteiger charge is -2.22. The topological polar surface area (TPSA) is 139 Å². The van der Waals surface area contributed by atoms with Crippen LogP contribution in [-0.2, 0) is 21.8 Å². The molecule has 1 aliphatic rings. The van der Waals surface area contributed by atoms with Crippen molar-refractivity contribution < 1.29 is 31.1 Å². The Hall–Kier alpha value is -4.63. The highest BCUT2D eigenvalue weighted by Crippen LogP contribution is 2.40. The van der Waals surface area contributed by atoms with Crippen molar-refractivity contribution >= 4 is 32.4 Å². The van der Waals surface area contributed by atoms with Crippen molar-refractivity contribution in [1.29, 1.82) is 0 Å². The maximum atomic E-state index is 14.5. The SMILES string of the molecule is C[C@H](Oc1cc(-c2nn(C)c3c(-c4cnn(C5CCOCC5)c4)cnc(N)c23)ccc1NS(=O)(=O)C(F)F)c1ccccc1F. The molecule has 1 atom stereocenters. The Morgan fingerprint density at radius 2 is 1.87 bits per heavy atom. The van der Waals surface area contributed by atoms with Crippen molar-refractivity contribution in [3.8, 4) is 28.1 Å². The smallest absolute Gasteiger partial charge is 0.355 e. The van der Waals surface area contributed by atoms with Crippen LogP contribution in [0.4, 0.5) is 24.7 Å². The highest BCUT2D eigenvalue weighted by atomic mass is 32.2. The number of sulfonamides is 1. The van der Waals surface area contributed by atoms with Crippen LogP contribution in [0.15, 0.2) is 61.1 Å². The van der Waals surface area contributed by atoms with Gasteiger partial charge in [-0.1, -0.05) is 24.3 Å². The van der Waals surface area contributed by atoms with Gasteiger partial charge in [0.15, 0.2) is 0 Å². The van der Waals surface area contributed by atoms with E-state index in [1.54, 1.807) is 37.1 Å². The third-order valence-electron chi connectivity index (χ3n) is 7.76. The number of nitrogens with two attached hydrogens (primary N) is 1. The number of benzene rings is 2. The Kier molecular flexibility index (Phi) is 8.14.